The van der Waals surface area contributed by atoms with Crippen molar-refractivity contribution in [3.05, 3.63) is 34.3 Å². The van der Waals surface area contributed by atoms with Crippen LogP contribution in [0, 0.1) is 11.3 Å². The molecule has 1 aromatic carbocycles. The zero-order valence-corrected chi connectivity index (χ0v) is 13.2. The Bertz CT molecular complexity index is 695. The second kappa shape index (κ2) is 5.78. The molecule has 1 fully saturated rings. The molecule has 0 radical (unpaired) electrons. The van der Waals surface area contributed by atoms with Gasteiger partial charge in [-0.05, 0) is 47.3 Å². The van der Waals surface area contributed by atoms with Crippen LogP contribution < -0.4 is 10.6 Å². The second-order valence-electron chi connectivity index (χ2n) is 5.11. The molecule has 21 heavy (non-hydrogen) atoms. The summed E-state index contributed by atoms with van der Waals surface area (Å²) in [7, 11) is 0. The molecule has 2 aromatic rings. The van der Waals surface area contributed by atoms with Crippen LogP contribution in [0.1, 0.15) is 24.8 Å². The lowest BCUT2D eigenvalue weighted by molar-refractivity contribution is 0.571. The smallest absolute Gasteiger partial charge is 0.171 e. The van der Waals surface area contributed by atoms with Crippen molar-refractivity contribution in [3.8, 4) is 11.8 Å². The first kappa shape index (κ1) is 14.0. The van der Waals surface area contributed by atoms with Crippen molar-refractivity contribution in [3.63, 3.8) is 0 Å². The standard InChI is InChI=1S/C15H16BrN5/c16-12-6-2-3-7-13(12)21-14(18)11(10-17)15(19-21)20-8-4-1-5-9-20/h2-3,6-7H,1,4-5,8-9,18H2. The Balaban J connectivity index is 2.09. The van der Waals surface area contributed by atoms with Crippen LogP contribution in [0.3, 0.4) is 0 Å². The van der Waals surface area contributed by atoms with Crippen LogP contribution in [0.25, 0.3) is 5.69 Å². The van der Waals surface area contributed by atoms with Gasteiger partial charge in [-0.2, -0.15) is 5.26 Å². The highest BCUT2D eigenvalue weighted by Gasteiger charge is 2.23. The number of anilines is 2. The summed E-state index contributed by atoms with van der Waals surface area (Å²) in [5, 5.41) is 14.0. The van der Waals surface area contributed by atoms with Crippen LogP contribution in [0.15, 0.2) is 28.7 Å². The second-order valence-corrected chi connectivity index (χ2v) is 5.96. The van der Waals surface area contributed by atoms with E-state index in [9.17, 15) is 5.26 Å². The minimum absolute atomic E-state index is 0.393. The molecule has 3 rings (SSSR count). The van der Waals surface area contributed by atoms with Gasteiger partial charge in [0.05, 0.1) is 5.69 Å². The summed E-state index contributed by atoms with van der Waals surface area (Å²) >= 11 is 3.51. The fraction of sp³-hybridized carbons (Fsp3) is 0.333. The van der Waals surface area contributed by atoms with E-state index in [1.165, 1.54) is 6.42 Å². The summed E-state index contributed by atoms with van der Waals surface area (Å²) in [4.78, 5) is 2.16. The van der Waals surface area contributed by atoms with Crippen LogP contribution in [0.2, 0.25) is 0 Å². The maximum Gasteiger partial charge on any atom is 0.171 e. The van der Waals surface area contributed by atoms with E-state index < -0.39 is 0 Å². The van der Waals surface area contributed by atoms with E-state index in [0.29, 0.717) is 17.2 Å². The molecule has 0 saturated carbocycles. The summed E-state index contributed by atoms with van der Waals surface area (Å²) in [6.07, 6.45) is 3.50. The predicted molar refractivity (Wildman–Crippen MR) is 86.5 cm³/mol. The number of aromatic nitrogens is 2. The van der Waals surface area contributed by atoms with Crippen LogP contribution in [-0.4, -0.2) is 22.9 Å². The van der Waals surface area contributed by atoms with Gasteiger partial charge >= 0.3 is 0 Å². The maximum atomic E-state index is 9.44. The van der Waals surface area contributed by atoms with E-state index in [-0.39, 0.29) is 0 Å². The fourth-order valence-corrected chi connectivity index (χ4v) is 3.11. The molecule has 6 heteroatoms. The lowest BCUT2D eigenvalue weighted by Crippen LogP contribution is -2.30. The van der Waals surface area contributed by atoms with Gasteiger partial charge in [0.1, 0.15) is 17.5 Å². The van der Waals surface area contributed by atoms with Crippen LogP contribution in [-0.2, 0) is 0 Å². The Hall–Kier alpha value is -2.00. The zero-order chi connectivity index (χ0) is 14.8. The SMILES string of the molecule is N#Cc1c(N2CCCCC2)nn(-c2ccccc2Br)c1N. The molecule has 0 atom stereocenters. The van der Waals surface area contributed by atoms with Gasteiger partial charge in [-0.1, -0.05) is 12.1 Å². The minimum atomic E-state index is 0.393. The van der Waals surface area contributed by atoms with Gasteiger partial charge in [0.15, 0.2) is 5.82 Å². The number of nitrogens with zero attached hydrogens (tertiary/aromatic N) is 4. The van der Waals surface area contributed by atoms with Crippen molar-refractivity contribution in [2.75, 3.05) is 23.7 Å². The highest BCUT2D eigenvalue weighted by molar-refractivity contribution is 9.10. The molecule has 0 spiro atoms. The Morgan fingerprint density at radius 1 is 1.19 bits per heavy atom. The van der Waals surface area contributed by atoms with Gasteiger partial charge in [-0.25, -0.2) is 4.68 Å². The highest BCUT2D eigenvalue weighted by Crippen LogP contribution is 2.31. The Labute approximate surface area is 132 Å². The van der Waals surface area contributed by atoms with Crippen LogP contribution in [0.5, 0.6) is 0 Å². The predicted octanol–water partition coefficient (Wildman–Crippen LogP) is 3.08. The Morgan fingerprint density at radius 3 is 2.57 bits per heavy atom. The van der Waals surface area contributed by atoms with Crippen molar-refractivity contribution in [2.24, 2.45) is 0 Å². The third kappa shape index (κ3) is 2.49. The third-order valence-electron chi connectivity index (χ3n) is 3.75. The summed E-state index contributed by atoms with van der Waals surface area (Å²) in [6, 6.07) is 9.92. The number of piperidine rings is 1. The van der Waals surface area contributed by atoms with E-state index in [0.717, 1.165) is 36.1 Å². The molecule has 1 saturated heterocycles. The molecule has 0 amide bonds. The maximum absolute atomic E-state index is 9.44. The van der Waals surface area contributed by atoms with Crippen molar-refractivity contribution >= 4 is 27.6 Å². The molecule has 0 aliphatic carbocycles. The summed E-state index contributed by atoms with van der Waals surface area (Å²) in [5.41, 5.74) is 7.46. The summed E-state index contributed by atoms with van der Waals surface area (Å²) in [6.45, 7) is 1.86. The van der Waals surface area contributed by atoms with E-state index >= 15 is 0 Å². The minimum Gasteiger partial charge on any atom is -0.382 e. The quantitative estimate of drug-likeness (QED) is 0.907. The first-order valence-corrected chi connectivity index (χ1v) is 7.80. The van der Waals surface area contributed by atoms with Gasteiger partial charge in [0.2, 0.25) is 0 Å². The normalized spacial score (nSPS) is 15.0. The van der Waals surface area contributed by atoms with Crippen molar-refractivity contribution in [2.45, 2.75) is 19.3 Å². The molecular formula is C15H16BrN5. The van der Waals surface area contributed by atoms with Gasteiger partial charge in [0, 0.05) is 17.6 Å². The Morgan fingerprint density at radius 2 is 1.90 bits per heavy atom. The summed E-state index contributed by atoms with van der Waals surface area (Å²) < 4.78 is 2.54. The molecule has 1 aliphatic heterocycles. The van der Waals surface area contributed by atoms with E-state index in [2.05, 4.69) is 32.0 Å². The van der Waals surface area contributed by atoms with Crippen molar-refractivity contribution in [1.29, 1.82) is 5.26 Å². The number of nitrogens with two attached hydrogens (primary N) is 1. The topological polar surface area (TPSA) is 70.9 Å². The van der Waals surface area contributed by atoms with Gasteiger partial charge in [-0.15, -0.1) is 5.10 Å². The number of hydrogen-bond acceptors (Lipinski definition) is 4. The van der Waals surface area contributed by atoms with E-state index in [4.69, 9.17) is 5.73 Å². The zero-order valence-electron chi connectivity index (χ0n) is 11.6. The molecule has 0 unspecified atom stereocenters. The largest absolute Gasteiger partial charge is 0.382 e. The molecule has 1 aliphatic rings. The number of benzene rings is 1. The number of para-hydroxylation sites is 1. The lowest BCUT2D eigenvalue weighted by atomic mass is 10.1. The van der Waals surface area contributed by atoms with E-state index in [1.54, 1.807) is 4.68 Å². The number of halogens is 1. The molecular weight excluding hydrogens is 330 g/mol. The molecule has 5 nitrogen and oxygen atoms in total. The van der Waals surface area contributed by atoms with Crippen LogP contribution in [0.4, 0.5) is 11.6 Å². The average molecular weight is 346 g/mol. The van der Waals surface area contributed by atoms with Gasteiger partial charge in [-0.3, -0.25) is 0 Å². The number of hydrogen-bond donors (Lipinski definition) is 1. The van der Waals surface area contributed by atoms with Crippen molar-refractivity contribution < 1.29 is 0 Å². The molecule has 2 heterocycles. The molecule has 1 aromatic heterocycles. The van der Waals surface area contributed by atoms with Crippen molar-refractivity contribution in [1.82, 2.24) is 9.78 Å². The third-order valence-corrected chi connectivity index (χ3v) is 4.42. The van der Waals surface area contributed by atoms with Crippen LogP contribution >= 0.6 is 15.9 Å². The van der Waals surface area contributed by atoms with E-state index in [1.807, 2.05) is 24.3 Å². The number of nitrogen functional groups attached to an aromatic ring is 1. The first-order chi connectivity index (χ1) is 10.2. The molecule has 0 bridgehead atoms. The summed E-state index contributed by atoms with van der Waals surface area (Å²) in [5.74, 6) is 1.09. The monoisotopic (exact) mass is 345 g/mol. The number of rotatable bonds is 2. The Kier molecular flexibility index (Phi) is 3.84. The highest BCUT2D eigenvalue weighted by atomic mass is 79.9. The lowest BCUT2D eigenvalue weighted by Gasteiger charge is -2.26. The molecule has 2 N–H and O–H groups in total. The first-order valence-electron chi connectivity index (χ1n) is 7.01. The van der Waals surface area contributed by atoms with Gasteiger partial charge in [0.25, 0.3) is 0 Å². The molecule has 108 valence electrons. The number of nitriles is 1. The average Bonchev–Trinajstić information content (AvgIpc) is 2.85. The fourth-order valence-electron chi connectivity index (χ4n) is 2.66. The van der Waals surface area contributed by atoms with Gasteiger partial charge < -0.3 is 10.6 Å².